The first-order valence-corrected chi connectivity index (χ1v) is 11.1. The summed E-state index contributed by atoms with van der Waals surface area (Å²) < 4.78 is 10.5. The second-order valence-corrected chi connectivity index (χ2v) is 15.5. The molecule has 0 aliphatic carbocycles. The zero-order valence-corrected chi connectivity index (χ0v) is 13.0. The van der Waals surface area contributed by atoms with Crippen LogP contribution in [0.2, 0.25) is 5.54 Å². The molecule has 0 bridgehead atoms. The van der Waals surface area contributed by atoms with Gasteiger partial charge in [0.2, 0.25) is 0 Å². The Bertz CT molecular complexity index is 184. The third kappa shape index (κ3) is 8.62. The van der Waals surface area contributed by atoms with E-state index in [0.717, 1.165) is 12.2 Å². The molecule has 0 saturated heterocycles. The molecule has 0 spiro atoms. The first kappa shape index (κ1) is 15.8. The van der Waals surface area contributed by atoms with Crippen LogP contribution in [0.25, 0.3) is 0 Å². The Balaban J connectivity index is 3.87. The van der Waals surface area contributed by atoms with E-state index in [1.54, 1.807) is 14.2 Å². The van der Waals surface area contributed by atoms with Crippen LogP contribution in [0.1, 0.15) is 13.3 Å². The van der Waals surface area contributed by atoms with Crippen LogP contribution in [0.4, 0.5) is 0 Å². The predicted octanol–water partition coefficient (Wildman–Crippen LogP) is 1.56. The molecule has 0 rings (SSSR count). The van der Waals surface area contributed by atoms with E-state index >= 15 is 0 Å². The molecule has 4 nitrogen and oxygen atoms in total. The summed E-state index contributed by atoms with van der Waals surface area (Å²) in [7, 11) is 1.78. The molecule has 1 unspecified atom stereocenters. The van der Waals surface area contributed by atoms with Crippen molar-refractivity contribution in [2.24, 2.45) is 0 Å². The van der Waals surface area contributed by atoms with Crippen LogP contribution < -0.4 is 0 Å². The quantitative estimate of drug-likeness (QED) is 0.545. The summed E-state index contributed by atoms with van der Waals surface area (Å²) in [5, 5.41) is 0. The summed E-state index contributed by atoms with van der Waals surface area (Å²) in [6, 6.07) is 0. The third-order valence-corrected chi connectivity index (χ3v) is 8.11. The third-order valence-electron chi connectivity index (χ3n) is 1.97. The van der Waals surface area contributed by atoms with Gasteiger partial charge < -0.3 is 0 Å². The number of rotatable bonds is 7. The van der Waals surface area contributed by atoms with Crippen molar-refractivity contribution in [3.63, 3.8) is 0 Å². The molecule has 0 saturated carbocycles. The van der Waals surface area contributed by atoms with Gasteiger partial charge in [0.15, 0.2) is 0 Å². The van der Waals surface area contributed by atoms with Crippen LogP contribution in [0.15, 0.2) is 0 Å². The molecule has 0 aliphatic rings. The maximum absolute atomic E-state index is 9.65. The summed E-state index contributed by atoms with van der Waals surface area (Å²) in [5.74, 6) is 0.731. The Morgan fingerprint density at radius 3 is 2.07 bits per heavy atom. The summed E-state index contributed by atoms with van der Waals surface area (Å²) in [4.78, 5) is 19.3. The van der Waals surface area contributed by atoms with Crippen LogP contribution >= 0.6 is 17.6 Å². The molecule has 0 aliphatic heterocycles. The van der Waals surface area contributed by atoms with Gasteiger partial charge in [-0.3, -0.25) is 0 Å². The average molecular weight is 274 g/mol. The van der Waals surface area contributed by atoms with Crippen LogP contribution in [0, 0.1) is 0 Å². The van der Waals surface area contributed by atoms with Crippen molar-refractivity contribution in [2.75, 3.05) is 33.3 Å². The zero-order chi connectivity index (χ0) is 12.1. The van der Waals surface area contributed by atoms with Crippen molar-refractivity contribution in [3.8, 4) is 0 Å². The summed E-state index contributed by atoms with van der Waals surface area (Å²) in [6.07, 6.45) is -2.49. The second kappa shape index (κ2) is 5.96. The van der Waals surface area contributed by atoms with Crippen molar-refractivity contribution in [1.29, 1.82) is 0 Å². The molecular formula is C8H23O4PSSi. The van der Waals surface area contributed by atoms with Crippen molar-refractivity contribution < 1.29 is 18.6 Å². The fourth-order valence-corrected chi connectivity index (χ4v) is 5.91. The van der Waals surface area contributed by atoms with Crippen molar-refractivity contribution in [3.05, 3.63) is 0 Å². The molecular weight excluding hydrogens is 251 g/mol. The SMILES string of the molecule is CO[SiH](OC)C(C)CCSP(C)(C)(O)O. The van der Waals surface area contributed by atoms with Crippen LogP contribution in [-0.2, 0) is 8.85 Å². The van der Waals surface area contributed by atoms with E-state index in [4.69, 9.17) is 8.85 Å². The molecule has 0 aromatic carbocycles. The van der Waals surface area contributed by atoms with E-state index in [0.29, 0.717) is 5.54 Å². The van der Waals surface area contributed by atoms with Gasteiger partial charge in [-0.15, -0.1) is 0 Å². The fraction of sp³-hybridized carbons (Fsp3) is 1.00. The Kier molecular flexibility index (Phi) is 6.29. The van der Waals surface area contributed by atoms with Gasteiger partial charge in [-0.2, -0.15) is 0 Å². The molecule has 0 aromatic rings. The summed E-state index contributed by atoms with van der Waals surface area (Å²) in [5.41, 5.74) is 0.381. The molecule has 0 fully saturated rings. The van der Waals surface area contributed by atoms with E-state index < -0.39 is 15.5 Å². The molecule has 7 heteroatoms. The molecule has 2 N–H and O–H groups in total. The van der Waals surface area contributed by atoms with Crippen LogP contribution in [-0.4, -0.2) is 52.4 Å². The molecule has 0 aromatic heterocycles. The van der Waals surface area contributed by atoms with Gasteiger partial charge >= 0.3 is 97.8 Å². The normalized spacial score (nSPS) is 17.5. The van der Waals surface area contributed by atoms with E-state index in [1.807, 2.05) is 0 Å². The number of hydrogen-bond donors (Lipinski definition) is 2. The minimum absolute atomic E-state index is 0.381. The molecule has 0 amide bonds. The zero-order valence-electron chi connectivity index (χ0n) is 10.1. The molecule has 0 heterocycles. The monoisotopic (exact) mass is 274 g/mol. The molecule has 1 atom stereocenters. The first-order chi connectivity index (χ1) is 6.65. The van der Waals surface area contributed by atoms with Gasteiger partial charge in [0.05, 0.1) is 0 Å². The topological polar surface area (TPSA) is 58.9 Å². The second-order valence-electron chi connectivity index (χ2n) is 4.30. The van der Waals surface area contributed by atoms with Gasteiger partial charge in [0.1, 0.15) is 0 Å². The van der Waals surface area contributed by atoms with Gasteiger partial charge in [0, 0.05) is 0 Å². The van der Waals surface area contributed by atoms with Crippen molar-refractivity contribution >= 4 is 26.9 Å². The van der Waals surface area contributed by atoms with E-state index in [-0.39, 0.29) is 0 Å². The van der Waals surface area contributed by atoms with E-state index in [9.17, 15) is 9.79 Å². The van der Waals surface area contributed by atoms with Gasteiger partial charge in [-0.25, -0.2) is 0 Å². The Hall–Kier alpha value is 0.837. The number of hydrogen-bond acceptors (Lipinski definition) is 5. The average Bonchev–Trinajstić information content (AvgIpc) is 2.02. The molecule has 15 heavy (non-hydrogen) atoms. The standard InChI is InChI=1S/C8H23O4PSSi/c1-8(15(11-2)12-3)6-7-14-13(4,5,9)10/h8-10,15H,6-7H2,1-5H3. The minimum atomic E-state index is -3.38. The fourth-order valence-electron chi connectivity index (χ4n) is 1.20. The van der Waals surface area contributed by atoms with Gasteiger partial charge in [0.25, 0.3) is 0 Å². The van der Waals surface area contributed by atoms with Gasteiger partial charge in [-0.1, -0.05) is 0 Å². The van der Waals surface area contributed by atoms with E-state index in [2.05, 4.69) is 6.92 Å². The Morgan fingerprint density at radius 1 is 1.27 bits per heavy atom. The van der Waals surface area contributed by atoms with Crippen LogP contribution in [0.5, 0.6) is 0 Å². The summed E-state index contributed by atoms with van der Waals surface area (Å²) in [6.45, 7) is 5.12. The van der Waals surface area contributed by atoms with E-state index in [1.165, 1.54) is 24.7 Å². The predicted molar refractivity (Wildman–Crippen MR) is 70.9 cm³/mol. The van der Waals surface area contributed by atoms with Gasteiger partial charge in [-0.05, 0) is 0 Å². The molecule has 94 valence electrons. The van der Waals surface area contributed by atoms with Crippen LogP contribution in [0.3, 0.4) is 0 Å². The Labute approximate surface area is 98.0 Å². The van der Waals surface area contributed by atoms with Crippen molar-refractivity contribution in [2.45, 2.75) is 18.9 Å². The van der Waals surface area contributed by atoms with Crippen molar-refractivity contribution in [1.82, 2.24) is 0 Å². The summed E-state index contributed by atoms with van der Waals surface area (Å²) >= 11 is 1.26. The molecule has 0 radical (unpaired) electrons. The maximum atomic E-state index is 9.65. The Morgan fingerprint density at radius 2 is 1.73 bits per heavy atom. The first-order valence-electron chi connectivity index (χ1n) is 4.87.